The zero-order chi connectivity index (χ0) is 8.43. The van der Waals surface area contributed by atoms with Gasteiger partial charge in [0.1, 0.15) is 5.82 Å². The molecule has 4 heteroatoms. The number of aromatic nitrogens is 2. The molecule has 1 aromatic heterocycles. The van der Waals surface area contributed by atoms with Crippen molar-refractivity contribution in [3.8, 4) is 0 Å². The van der Waals surface area contributed by atoms with Crippen molar-refractivity contribution in [1.82, 2.24) is 9.78 Å². The number of nitrogens with two attached hydrogens (primary N) is 1. The third-order valence-electron chi connectivity index (χ3n) is 1.60. The Bertz CT molecular complexity index is 239. The lowest BCUT2D eigenvalue weighted by atomic mass is 10.3. The fourth-order valence-electron chi connectivity index (χ4n) is 1.02. The minimum Gasteiger partial charge on any atom is -0.308 e. The van der Waals surface area contributed by atoms with E-state index in [1.54, 1.807) is 6.20 Å². The molecule has 0 aliphatic heterocycles. The van der Waals surface area contributed by atoms with Crippen molar-refractivity contribution in [2.75, 3.05) is 5.43 Å². The van der Waals surface area contributed by atoms with Crippen LogP contribution in [0.5, 0.6) is 0 Å². The molecule has 0 amide bonds. The van der Waals surface area contributed by atoms with Gasteiger partial charge in [0.25, 0.3) is 0 Å². The Kier molecular flexibility index (Phi) is 2.14. The van der Waals surface area contributed by atoms with Gasteiger partial charge in [-0.1, -0.05) is 0 Å². The molecule has 0 aliphatic carbocycles. The second-order valence-electron chi connectivity index (χ2n) is 2.86. The van der Waals surface area contributed by atoms with Gasteiger partial charge in [-0.15, -0.1) is 0 Å². The van der Waals surface area contributed by atoms with Crippen LogP contribution in [0.25, 0.3) is 0 Å². The van der Waals surface area contributed by atoms with E-state index in [1.807, 2.05) is 11.6 Å². The van der Waals surface area contributed by atoms with E-state index in [-0.39, 0.29) is 0 Å². The molecule has 11 heavy (non-hydrogen) atoms. The van der Waals surface area contributed by atoms with Gasteiger partial charge in [-0.05, 0) is 20.8 Å². The summed E-state index contributed by atoms with van der Waals surface area (Å²) in [5, 5.41) is 4.16. The largest absolute Gasteiger partial charge is 0.308 e. The number of hydrogen-bond acceptors (Lipinski definition) is 3. The van der Waals surface area contributed by atoms with Crippen LogP contribution in [0.1, 0.15) is 25.5 Å². The normalized spacial score (nSPS) is 10.6. The van der Waals surface area contributed by atoms with E-state index < -0.39 is 0 Å². The lowest BCUT2D eigenvalue weighted by Gasteiger charge is -2.10. The van der Waals surface area contributed by atoms with E-state index in [2.05, 4.69) is 24.4 Å². The van der Waals surface area contributed by atoms with Crippen molar-refractivity contribution < 1.29 is 0 Å². The van der Waals surface area contributed by atoms with Gasteiger partial charge >= 0.3 is 0 Å². The molecule has 0 spiro atoms. The van der Waals surface area contributed by atoms with Crippen LogP contribution in [-0.2, 0) is 0 Å². The quantitative estimate of drug-likeness (QED) is 0.494. The number of anilines is 1. The summed E-state index contributed by atoms with van der Waals surface area (Å²) in [6.07, 6.45) is 1.80. The Morgan fingerprint density at radius 1 is 1.64 bits per heavy atom. The molecule has 0 radical (unpaired) electrons. The summed E-state index contributed by atoms with van der Waals surface area (Å²) >= 11 is 0. The van der Waals surface area contributed by atoms with E-state index in [0.717, 1.165) is 11.4 Å². The monoisotopic (exact) mass is 154 g/mol. The van der Waals surface area contributed by atoms with E-state index in [0.29, 0.717) is 6.04 Å². The molecule has 0 atom stereocenters. The molecule has 0 unspecified atom stereocenters. The Morgan fingerprint density at radius 2 is 2.27 bits per heavy atom. The fraction of sp³-hybridized carbons (Fsp3) is 0.571. The standard InChI is InChI=1S/C7H14N4/c1-5(2)11-7(10-8)6(3)4-9-11/h4-5,10H,8H2,1-3H3. The summed E-state index contributed by atoms with van der Waals surface area (Å²) in [6.45, 7) is 6.10. The van der Waals surface area contributed by atoms with Crippen molar-refractivity contribution >= 4 is 5.82 Å². The van der Waals surface area contributed by atoms with E-state index in [1.165, 1.54) is 0 Å². The minimum atomic E-state index is 0.342. The summed E-state index contributed by atoms with van der Waals surface area (Å²) in [4.78, 5) is 0. The summed E-state index contributed by atoms with van der Waals surface area (Å²) < 4.78 is 1.86. The molecule has 4 nitrogen and oxygen atoms in total. The maximum Gasteiger partial charge on any atom is 0.141 e. The Labute approximate surface area is 66.4 Å². The van der Waals surface area contributed by atoms with Crippen molar-refractivity contribution in [3.05, 3.63) is 11.8 Å². The molecule has 0 aromatic carbocycles. The van der Waals surface area contributed by atoms with Gasteiger partial charge in [0.15, 0.2) is 0 Å². The first-order valence-corrected chi connectivity index (χ1v) is 3.67. The van der Waals surface area contributed by atoms with Crippen molar-refractivity contribution in [1.29, 1.82) is 0 Å². The maximum atomic E-state index is 5.32. The number of nitrogen functional groups attached to an aromatic ring is 1. The Balaban J connectivity index is 3.05. The predicted octanol–water partition coefficient (Wildman–Crippen LogP) is 1.06. The number of hydrazine groups is 1. The average molecular weight is 154 g/mol. The first-order valence-electron chi connectivity index (χ1n) is 3.67. The molecular weight excluding hydrogens is 140 g/mol. The molecule has 3 N–H and O–H groups in total. The van der Waals surface area contributed by atoms with Crippen LogP contribution in [0.15, 0.2) is 6.20 Å². The SMILES string of the molecule is Cc1cnn(C(C)C)c1NN. The molecule has 0 fully saturated rings. The smallest absolute Gasteiger partial charge is 0.141 e. The van der Waals surface area contributed by atoms with E-state index in [9.17, 15) is 0 Å². The molecule has 1 aromatic rings. The molecular formula is C7H14N4. The van der Waals surface area contributed by atoms with Crippen LogP contribution >= 0.6 is 0 Å². The summed E-state index contributed by atoms with van der Waals surface area (Å²) in [7, 11) is 0. The third-order valence-corrected chi connectivity index (χ3v) is 1.60. The second-order valence-corrected chi connectivity index (χ2v) is 2.86. The van der Waals surface area contributed by atoms with Gasteiger partial charge < -0.3 is 5.43 Å². The first kappa shape index (κ1) is 8.07. The summed E-state index contributed by atoms with van der Waals surface area (Å²) in [5.74, 6) is 6.21. The highest BCUT2D eigenvalue weighted by Gasteiger charge is 2.07. The molecule has 62 valence electrons. The van der Waals surface area contributed by atoms with Crippen LogP contribution in [-0.4, -0.2) is 9.78 Å². The number of nitrogens with one attached hydrogen (secondary N) is 1. The van der Waals surface area contributed by atoms with Gasteiger partial charge in [-0.25, -0.2) is 10.5 Å². The zero-order valence-corrected chi connectivity index (χ0v) is 7.13. The third kappa shape index (κ3) is 1.35. The van der Waals surface area contributed by atoms with Gasteiger partial charge in [0.05, 0.1) is 6.20 Å². The van der Waals surface area contributed by atoms with Crippen molar-refractivity contribution in [2.45, 2.75) is 26.8 Å². The molecule has 1 rings (SSSR count). The van der Waals surface area contributed by atoms with Crippen LogP contribution in [0.2, 0.25) is 0 Å². The van der Waals surface area contributed by atoms with Crippen LogP contribution in [0.4, 0.5) is 5.82 Å². The Morgan fingerprint density at radius 3 is 2.64 bits per heavy atom. The van der Waals surface area contributed by atoms with Crippen LogP contribution in [0.3, 0.4) is 0 Å². The van der Waals surface area contributed by atoms with Crippen LogP contribution < -0.4 is 11.3 Å². The van der Waals surface area contributed by atoms with Crippen molar-refractivity contribution in [3.63, 3.8) is 0 Å². The molecule has 1 heterocycles. The first-order chi connectivity index (χ1) is 5.16. The van der Waals surface area contributed by atoms with Gasteiger partial charge in [-0.3, -0.25) is 0 Å². The average Bonchev–Trinajstić information content (AvgIpc) is 2.30. The highest BCUT2D eigenvalue weighted by molar-refractivity contribution is 5.41. The molecule has 0 aliphatic rings. The highest BCUT2D eigenvalue weighted by Crippen LogP contribution is 2.16. The van der Waals surface area contributed by atoms with Crippen LogP contribution in [0, 0.1) is 6.92 Å². The minimum absolute atomic E-state index is 0.342. The summed E-state index contributed by atoms with van der Waals surface area (Å²) in [5.41, 5.74) is 3.70. The summed E-state index contributed by atoms with van der Waals surface area (Å²) in [6, 6.07) is 0.342. The van der Waals surface area contributed by atoms with E-state index in [4.69, 9.17) is 5.84 Å². The number of aryl methyl sites for hydroxylation is 1. The highest BCUT2D eigenvalue weighted by atomic mass is 15.4. The van der Waals surface area contributed by atoms with Gasteiger partial charge in [0.2, 0.25) is 0 Å². The predicted molar refractivity (Wildman–Crippen MR) is 45.2 cm³/mol. The van der Waals surface area contributed by atoms with Crippen molar-refractivity contribution in [2.24, 2.45) is 5.84 Å². The maximum absolute atomic E-state index is 5.32. The lowest BCUT2D eigenvalue weighted by Crippen LogP contribution is -2.15. The van der Waals surface area contributed by atoms with E-state index >= 15 is 0 Å². The topological polar surface area (TPSA) is 55.9 Å². The van der Waals surface area contributed by atoms with Gasteiger partial charge in [0, 0.05) is 11.6 Å². The Hall–Kier alpha value is -1.03. The number of nitrogens with zero attached hydrogens (tertiary/aromatic N) is 2. The number of rotatable bonds is 2. The molecule has 0 bridgehead atoms. The van der Waals surface area contributed by atoms with Gasteiger partial charge in [-0.2, -0.15) is 5.10 Å². The fourth-order valence-corrected chi connectivity index (χ4v) is 1.02. The molecule has 0 saturated carbocycles. The zero-order valence-electron chi connectivity index (χ0n) is 7.13. The molecule has 0 saturated heterocycles. The second kappa shape index (κ2) is 2.92. The number of hydrogen-bond donors (Lipinski definition) is 2. The lowest BCUT2D eigenvalue weighted by molar-refractivity contribution is 0.538.